The lowest BCUT2D eigenvalue weighted by atomic mass is 10.1. The molecule has 146 valence electrons. The summed E-state index contributed by atoms with van der Waals surface area (Å²) in [5.74, 6) is 1.96. The Bertz CT molecular complexity index is 962. The van der Waals surface area contributed by atoms with Crippen molar-refractivity contribution in [2.75, 3.05) is 38.2 Å². The van der Waals surface area contributed by atoms with E-state index in [1.807, 2.05) is 29.2 Å². The van der Waals surface area contributed by atoms with E-state index in [2.05, 4.69) is 27.9 Å². The number of hydrogen-bond acceptors (Lipinski definition) is 6. The summed E-state index contributed by atoms with van der Waals surface area (Å²) in [6.07, 6.45) is 3.08. The highest BCUT2D eigenvalue weighted by Crippen LogP contribution is 2.31. The first kappa shape index (κ1) is 18.7. The summed E-state index contributed by atoms with van der Waals surface area (Å²) in [6.45, 7) is 5.16. The monoisotopic (exact) mass is 396 g/mol. The van der Waals surface area contributed by atoms with E-state index in [0.717, 1.165) is 46.9 Å². The van der Waals surface area contributed by atoms with Gasteiger partial charge in [0.15, 0.2) is 0 Å². The van der Waals surface area contributed by atoms with Crippen LogP contribution in [0.1, 0.15) is 17.4 Å². The Morgan fingerprint density at radius 3 is 2.57 bits per heavy atom. The highest BCUT2D eigenvalue weighted by molar-refractivity contribution is 7.18. The number of nitrogens with zero attached hydrogens (tertiary/aromatic N) is 4. The molecule has 3 heterocycles. The number of anilines is 1. The first-order chi connectivity index (χ1) is 13.7. The number of rotatable bonds is 5. The SMILES string of the molecule is CCc1cc2c(N3CCN(C(=O)Cc4ccc(OC)cc4)CC3)ncnc2s1. The molecule has 1 aliphatic rings. The van der Waals surface area contributed by atoms with Crippen molar-refractivity contribution in [3.63, 3.8) is 0 Å². The number of carbonyl (C=O) groups is 1. The molecular formula is C21H24N4O2S. The molecule has 1 aliphatic heterocycles. The molecule has 0 spiro atoms. The molecule has 0 radical (unpaired) electrons. The third kappa shape index (κ3) is 3.80. The minimum atomic E-state index is 0.168. The summed E-state index contributed by atoms with van der Waals surface area (Å²) in [4.78, 5) is 28.2. The average Bonchev–Trinajstić information content (AvgIpc) is 3.18. The Morgan fingerprint density at radius 1 is 1.14 bits per heavy atom. The molecular weight excluding hydrogens is 372 g/mol. The van der Waals surface area contributed by atoms with Crippen molar-refractivity contribution >= 4 is 33.3 Å². The maximum Gasteiger partial charge on any atom is 0.227 e. The highest BCUT2D eigenvalue weighted by Gasteiger charge is 2.23. The van der Waals surface area contributed by atoms with Gasteiger partial charge in [0.2, 0.25) is 5.91 Å². The summed E-state index contributed by atoms with van der Waals surface area (Å²) in [5, 5.41) is 1.13. The smallest absolute Gasteiger partial charge is 0.227 e. The van der Waals surface area contributed by atoms with Crippen molar-refractivity contribution in [2.45, 2.75) is 19.8 Å². The number of amides is 1. The van der Waals surface area contributed by atoms with Crippen molar-refractivity contribution in [3.05, 3.63) is 47.1 Å². The van der Waals surface area contributed by atoms with Gasteiger partial charge in [-0.15, -0.1) is 11.3 Å². The predicted octanol–water partition coefficient (Wildman–Crippen LogP) is 3.15. The van der Waals surface area contributed by atoms with E-state index in [4.69, 9.17) is 4.74 Å². The van der Waals surface area contributed by atoms with Gasteiger partial charge in [0.05, 0.1) is 18.9 Å². The standard InChI is InChI=1S/C21H24N4O2S/c1-3-17-13-18-20(22-14-23-21(18)28-17)25-10-8-24(9-11-25)19(26)12-15-4-6-16(27-2)7-5-15/h4-7,13-14H,3,8-12H2,1-2H3. The molecule has 2 aromatic heterocycles. The Labute approximate surface area is 168 Å². The minimum absolute atomic E-state index is 0.168. The molecule has 4 rings (SSSR count). The van der Waals surface area contributed by atoms with Crippen LogP contribution in [-0.4, -0.2) is 54.1 Å². The summed E-state index contributed by atoms with van der Waals surface area (Å²) in [7, 11) is 1.64. The zero-order valence-electron chi connectivity index (χ0n) is 16.2. The van der Waals surface area contributed by atoms with Gasteiger partial charge in [0, 0.05) is 31.1 Å². The van der Waals surface area contributed by atoms with Crippen LogP contribution in [0.4, 0.5) is 5.82 Å². The molecule has 0 bridgehead atoms. The number of aromatic nitrogens is 2. The number of fused-ring (bicyclic) bond motifs is 1. The van der Waals surface area contributed by atoms with Gasteiger partial charge in [-0.2, -0.15) is 0 Å². The van der Waals surface area contributed by atoms with Crippen molar-refractivity contribution in [1.82, 2.24) is 14.9 Å². The first-order valence-electron chi connectivity index (χ1n) is 9.57. The second-order valence-electron chi connectivity index (χ2n) is 6.88. The number of carbonyl (C=O) groups excluding carboxylic acids is 1. The lowest BCUT2D eigenvalue weighted by Crippen LogP contribution is -2.49. The normalized spacial score (nSPS) is 14.5. The minimum Gasteiger partial charge on any atom is -0.497 e. The highest BCUT2D eigenvalue weighted by atomic mass is 32.1. The van der Waals surface area contributed by atoms with E-state index < -0.39 is 0 Å². The topological polar surface area (TPSA) is 58.6 Å². The third-order valence-corrected chi connectivity index (χ3v) is 6.34. The Hall–Kier alpha value is -2.67. The largest absolute Gasteiger partial charge is 0.497 e. The van der Waals surface area contributed by atoms with Gasteiger partial charge in [-0.05, 0) is 30.2 Å². The van der Waals surface area contributed by atoms with Crippen LogP contribution >= 0.6 is 11.3 Å². The summed E-state index contributed by atoms with van der Waals surface area (Å²) in [6, 6.07) is 9.90. The van der Waals surface area contributed by atoms with Crippen molar-refractivity contribution in [3.8, 4) is 5.75 Å². The number of thiophene rings is 1. The van der Waals surface area contributed by atoms with Crippen LogP contribution in [-0.2, 0) is 17.6 Å². The van der Waals surface area contributed by atoms with E-state index in [1.54, 1.807) is 24.8 Å². The average molecular weight is 397 g/mol. The zero-order valence-corrected chi connectivity index (χ0v) is 17.0. The van der Waals surface area contributed by atoms with Gasteiger partial charge >= 0.3 is 0 Å². The fraction of sp³-hybridized carbons (Fsp3) is 0.381. The lowest BCUT2D eigenvalue weighted by molar-refractivity contribution is -0.130. The van der Waals surface area contributed by atoms with Crippen LogP contribution in [0, 0.1) is 0 Å². The molecule has 7 heteroatoms. The van der Waals surface area contributed by atoms with Gasteiger partial charge in [-0.25, -0.2) is 9.97 Å². The van der Waals surface area contributed by atoms with Crippen LogP contribution in [0.5, 0.6) is 5.75 Å². The molecule has 0 unspecified atom stereocenters. The molecule has 1 saturated heterocycles. The molecule has 1 aromatic carbocycles. The van der Waals surface area contributed by atoms with E-state index in [-0.39, 0.29) is 5.91 Å². The summed E-state index contributed by atoms with van der Waals surface area (Å²) in [5.41, 5.74) is 1.01. The molecule has 1 fully saturated rings. The van der Waals surface area contributed by atoms with E-state index in [1.165, 1.54) is 4.88 Å². The van der Waals surface area contributed by atoms with Crippen molar-refractivity contribution in [1.29, 1.82) is 0 Å². The third-order valence-electron chi connectivity index (χ3n) is 5.15. The van der Waals surface area contributed by atoms with Crippen molar-refractivity contribution in [2.24, 2.45) is 0 Å². The molecule has 6 nitrogen and oxygen atoms in total. The summed E-state index contributed by atoms with van der Waals surface area (Å²) < 4.78 is 5.17. The van der Waals surface area contributed by atoms with Gasteiger partial charge in [-0.3, -0.25) is 4.79 Å². The maximum atomic E-state index is 12.7. The van der Waals surface area contributed by atoms with Crippen LogP contribution < -0.4 is 9.64 Å². The Balaban J connectivity index is 1.40. The van der Waals surface area contributed by atoms with Crippen LogP contribution in [0.25, 0.3) is 10.2 Å². The van der Waals surface area contributed by atoms with Gasteiger partial charge < -0.3 is 14.5 Å². The molecule has 28 heavy (non-hydrogen) atoms. The van der Waals surface area contributed by atoms with Gasteiger partial charge in [-0.1, -0.05) is 19.1 Å². The maximum absolute atomic E-state index is 12.7. The first-order valence-corrected chi connectivity index (χ1v) is 10.4. The van der Waals surface area contributed by atoms with Crippen LogP contribution in [0.15, 0.2) is 36.7 Å². The van der Waals surface area contributed by atoms with Gasteiger partial charge in [0.25, 0.3) is 0 Å². The molecule has 0 saturated carbocycles. The number of ether oxygens (including phenoxy) is 1. The van der Waals surface area contributed by atoms with E-state index in [9.17, 15) is 4.79 Å². The zero-order chi connectivity index (χ0) is 19.5. The summed E-state index contributed by atoms with van der Waals surface area (Å²) >= 11 is 1.73. The lowest BCUT2D eigenvalue weighted by Gasteiger charge is -2.35. The Kier molecular flexibility index (Phi) is 5.43. The molecule has 0 atom stereocenters. The number of aryl methyl sites for hydroxylation is 1. The predicted molar refractivity (Wildman–Crippen MR) is 112 cm³/mol. The van der Waals surface area contributed by atoms with E-state index in [0.29, 0.717) is 19.5 Å². The second-order valence-corrected chi connectivity index (χ2v) is 7.99. The second kappa shape index (κ2) is 8.14. The number of benzene rings is 1. The molecule has 1 amide bonds. The fourth-order valence-corrected chi connectivity index (χ4v) is 4.45. The number of methoxy groups -OCH3 is 1. The van der Waals surface area contributed by atoms with Gasteiger partial charge in [0.1, 0.15) is 22.7 Å². The quantitative estimate of drug-likeness (QED) is 0.663. The number of piperazine rings is 1. The Morgan fingerprint density at radius 2 is 1.89 bits per heavy atom. The molecule has 0 aliphatic carbocycles. The van der Waals surface area contributed by atoms with Crippen molar-refractivity contribution < 1.29 is 9.53 Å². The fourth-order valence-electron chi connectivity index (χ4n) is 3.52. The molecule has 3 aromatic rings. The van der Waals surface area contributed by atoms with Crippen LogP contribution in [0.2, 0.25) is 0 Å². The van der Waals surface area contributed by atoms with E-state index >= 15 is 0 Å². The molecule has 0 N–H and O–H groups in total. The number of hydrogen-bond donors (Lipinski definition) is 0. The van der Waals surface area contributed by atoms with Crippen LogP contribution in [0.3, 0.4) is 0 Å².